The minimum atomic E-state index is 0.899. The molecule has 0 aliphatic carbocycles. The molecule has 0 unspecified atom stereocenters. The van der Waals surface area contributed by atoms with Crippen LogP contribution in [-0.2, 0) is 0 Å². The summed E-state index contributed by atoms with van der Waals surface area (Å²) >= 11 is 0. The lowest BCUT2D eigenvalue weighted by Gasteiger charge is -2.24. The fourth-order valence-corrected chi connectivity index (χ4v) is 9.22. The highest BCUT2D eigenvalue weighted by Gasteiger charge is 2.22. The molecule has 0 aliphatic heterocycles. The first-order chi connectivity index (χ1) is 27.4. The summed E-state index contributed by atoms with van der Waals surface area (Å²) in [5, 5.41) is 7.40. The molecule has 56 heavy (non-hydrogen) atoms. The number of fused-ring (bicyclic) bond motifs is 5. The summed E-state index contributed by atoms with van der Waals surface area (Å²) in [6, 6.07) is 59.6. The van der Waals surface area contributed by atoms with Gasteiger partial charge in [0.25, 0.3) is 0 Å². The number of rotatable bonds is 5. The average Bonchev–Trinajstić information content (AvgIpc) is 3.64. The van der Waals surface area contributed by atoms with E-state index in [0.29, 0.717) is 0 Å². The molecule has 0 radical (unpaired) electrons. The van der Waals surface area contributed by atoms with E-state index in [2.05, 4.69) is 197 Å². The van der Waals surface area contributed by atoms with E-state index in [1.165, 1.54) is 104 Å². The molecule has 0 aliphatic rings. The summed E-state index contributed by atoms with van der Waals surface area (Å²) in [7, 11) is 11.4. The summed E-state index contributed by atoms with van der Waals surface area (Å²) in [5.74, 6) is 0. The van der Waals surface area contributed by atoms with Crippen molar-refractivity contribution in [2.45, 2.75) is 0 Å². The van der Waals surface area contributed by atoms with Crippen molar-refractivity contribution in [2.24, 2.45) is 0 Å². The largest absolute Gasteiger partial charge is 0.456 e. The van der Waals surface area contributed by atoms with Gasteiger partial charge in [-0.2, -0.15) is 0 Å². The highest BCUT2D eigenvalue weighted by Crippen LogP contribution is 2.46. The van der Waals surface area contributed by atoms with E-state index < -0.39 is 0 Å². The van der Waals surface area contributed by atoms with Gasteiger partial charge in [0, 0.05) is 16.3 Å². The molecular weight excluding hydrogens is 671 g/mol. The van der Waals surface area contributed by atoms with Crippen LogP contribution < -0.4 is 27.3 Å². The van der Waals surface area contributed by atoms with E-state index in [0.717, 1.165) is 21.9 Å². The first-order valence-corrected chi connectivity index (χ1v) is 19.6. The van der Waals surface area contributed by atoms with E-state index in [9.17, 15) is 0 Å². The monoisotopic (exact) mass is 708 g/mol. The topological polar surface area (TPSA) is 13.1 Å². The molecule has 0 fully saturated rings. The van der Waals surface area contributed by atoms with Crippen LogP contribution in [0.1, 0.15) is 0 Å². The van der Waals surface area contributed by atoms with Crippen LogP contribution in [0.5, 0.6) is 0 Å². The van der Waals surface area contributed by atoms with Gasteiger partial charge in [-0.25, -0.2) is 0 Å². The highest BCUT2D eigenvalue weighted by atomic mass is 16.3. The van der Waals surface area contributed by atoms with Crippen molar-refractivity contribution in [2.75, 3.05) is 0 Å². The average molecular weight is 708 g/mol. The maximum absolute atomic E-state index is 6.43. The Labute approximate surface area is 332 Å². The van der Waals surface area contributed by atoms with Gasteiger partial charge in [0.2, 0.25) is 0 Å². The number of benzene rings is 9. The van der Waals surface area contributed by atoms with Crippen LogP contribution in [0.4, 0.5) is 0 Å². The van der Waals surface area contributed by atoms with Crippen molar-refractivity contribution >= 4 is 110 Å². The van der Waals surface area contributed by atoms with Gasteiger partial charge in [-0.05, 0) is 83.7 Å². The molecule has 0 atom stereocenters. The van der Waals surface area contributed by atoms with E-state index in [4.69, 9.17) is 4.42 Å². The van der Waals surface area contributed by atoms with Crippen molar-refractivity contribution in [3.8, 4) is 55.6 Å². The van der Waals surface area contributed by atoms with Gasteiger partial charge in [-0.15, -0.1) is 16.4 Å². The lowest BCUT2D eigenvalue weighted by atomic mass is 9.59. The Morgan fingerprint density at radius 1 is 0.268 bits per heavy atom. The van der Waals surface area contributed by atoms with Crippen LogP contribution in [0.2, 0.25) is 0 Å². The number of furan rings is 1. The molecule has 258 valence electrons. The normalized spacial score (nSPS) is 11.6. The quantitative estimate of drug-likeness (QED) is 0.170. The molecular formula is C50H37B5O. The highest BCUT2D eigenvalue weighted by molar-refractivity contribution is 6.69. The standard InChI is InChI=1S/C50H37B5O/c51-46-45(47(52)49(54)50(55)48(46)53)43-36-14-6-4-12-34(36)41(35-13-5-7-15-37(35)43)31-24-20-30(21-25-31)33-26-27-40-44(38-16-8-9-17-39(38)56-40)42(33)32-22-18-29(19-23-32)28-10-2-1-3-11-28/h1-27H,51-55H2. The van der Waals surface area contributed by atoms with Crippen LogP contribution in [0.15, 0.2) is 168 Å². The van der Waals surface area contributed by atoms with Gasteiger partial charge >= 0.3 is 0 Å². The van der Waals surface area contributed by atoms with Crippen molar-refractivity contribution in [1.82, 2.24) is 0 Å². The first kappa shape index (κ1) is 34.1. The lowest BCUT2D eigenvalue weighted by molar-refractivity contribution is 0.669. The minimum Gasteiger partial charge on any atom is -0.456 e. The Morgan fingerprint density at radius 3 is 1.29 bits per heavy atom. The Morgan fingerprint density at radius 2 is 0.696 bits per heavy atom. The van der Waals surface area contributed by atoms with Crippen molar-refractivity contribution in [3.05, 3.63) is 164 Å². The van der Waals surface area contributed by atoms with Crippen LogP contribution >= 0.6 is 0 Å². The van der Waals surface area contributed by atoms with Gasteiger partial charge in [0.1, 0.15) is 50.4 Å². The zero-order chi connectivity index (χ0) is 38.1. The second-order valence-corrected chi connectivity index (χ2v) is 15.3. The lowest BCUT2D eigenvalue weighted by Crippen LogP contribution is -2.55. The molecule has 10 aromatic rings. The predicted octanol–water partition coefficient (Wildman–Crippen LogP) is 5.52. The molecule has 0 saturated heterocycles. The van der Waals surface area contributed by atoms with E-state index >= 15 is 0 Å². The minimum absolute atomic E-state index is 0.899. The summed E-state index contributed by atoms with van der Waals surface area (Å²) in [4.78, 5) is 0. The molecule has 0 N–H and O–H groups in total. The smallest absolute Gasteiger partial charge is 0.139 e. The zero-order valence-corrected chi connectivity index (χ0v) is 32.5. The van der Waals surface area contributed by atoms with Crippen molar-refractivity contribution in [3.63, 3.8) is 0 Å². The van der Waals surface area contributed by atoms with Crippen LogP contribution in [-0.4, -0.2) is 39.2 Å². The van der Waals surface area contributed by atoms with Crippen molar-refractivity contribution < 1.29 is 4.42 Å². The Kier molecular flexibility index (Phi) is 8.19. The second-order valence-electron chi connectivity index (χ2n) is 15.3. The van der Waals surface area contributed by atoms with Gasteiger partial charge < -0.3 is 4.42 Å². The van der Waals surface area contributed by atoms with Gasteiger partial charge in [-0.3, -0.25) is 0 Å². The van der Waals surface area contributed by atoms with E-state index in [1.807, 2.05) is 6.07 Å². The molecule has 0 spiro atoms. The molecule has 1 aromatic heterocycles. The zero-order valence-electron chi connectivity index (χ0n) is 32.5. The van der Waals surface area contributed by atoms with Gasteiger partial charge in [0.15, 0.2) is 0 Å². The van der Waals surface area contributed by atoms with Crippen molar-refractivity contribution in [1.29, 1.82) is 0 Å². The number of hydrogen-bond acceptors (Lipinski definition) is 1. The number of para-hydroxylation sites is 1. The second kappa shape index (κ2) is 13.4. The molecule has 0 bridgehead atoms. The summed E-state index contributed by atoms with van der Waals surface area (Å²) in [5.41, 5.74) is 21.0. The fourth-order valence-electron chi connectivity index (χ4n) is 9.22. The third kappa shape index (κ3) is 5.31. The molecule has 0 amide bonds. The van der Waals surface area contributed by atoms with E-state index in [-0.39, 0.29) is 0 Å². The molecule has 10 rings (SSSR count). The molecule has 9 aromatic carbocycles. The SMILES string of the molecule is Bc1c(B)c(B)c(-c2c3ccccc3c(-c3ccc(-c4ccc5oc6ccccc6c5c4-c4ccc(-c5ccccc5)cc4)cc3)c3ccccc23)c(B)c1B. The molecule has 1 nitrogen and oxygen atoms in total. The van der Waals surface area contributed by atoms with Crippen LogP contribution in [0.25, 0.3) is 99.1 Å². The maximum Gasteiger partial charge on any atom is 0.139 e. The fraction of sp³-hybridized carbons (Fsp3) is 0. The molecule has 1 heterocycles. The Hall–Kier alpha value is -6.38. The molecule has 6 heteroatoms. The maximum atomic E-state index is 6.43. The molecule has 0 saturated carbocycles. The Bertz CT molecular complexity index is 3080. The van der Waals surface area contributed by atoms with E-state index in [1.54, 1.807) is 0 Å². The summed E-state index contributed by atoms with van der Waals surface area (Å²) in [6.45, 7) is 0. The van der Waals surface area contributed by atoms with Gasteiger partial charge in [-0.1, -0.05) is 163 Å². The van der Waals surface area contributed by atoms with Crippen LogP contribution in [0, 0.1) is 0 Å². The summed E-state index contributed by atoms with van der Waals surface area (Å²) in [6.07, 6.45) is 0. The summed E-state index contributed by atoms with van der Waals surface area (Å²) < 4.78 is 6.43. The first-order valence-electron chi connectivity index (χ1n) is 19.6. The Balaban J connectivity index is 1.17. The van der Waals surface area contributed by atoms with Gasteiger partial charge in [0.05, 0.1) is 0 Å². The van der Waals surface area contributed by atoms with Crippen LogP contribution in [0.3, 0.4) is 0 Å². The predicted molar refractivity (Wildman–Crippen MR) is 257 cm³/mol. The third-order valence-electron chi connectivity index (χ3n) is 12.5. The number of hydrogen-bond donors (Lipinski definition) is 0. The third-order valence-corrected chi connectivity index (χ3v) is 12.5.